The number of amides is 1. The van der Waals surface area contributed by atoms with E-state index in [1.807, 2.05) is 56.3 Å². The highest BCUT2D eigenvalue weighted by atomic mass is 32.1. The predicted octanol–water partition coefficient (Wildman–Crippen LogP) is 6.25. The number of benzene rings is 3. The summed E-state index contributed by atoms with van der Waals surface area (Å²) in [5.41, 5.74) is 11.8. The summed E-state index contributed by atoms with van der Waals surface area (Å²) >= 11 is 4.33. The minimum Gasteiger partial charge on any atom is -0.469 e. The Morgan fingerprint density at radius 1 is 1.06 bits per heavy atom. The lowest BCUT2D eigenvalue weighted by Crippen LogP contribution is -2.31. The molecule has 0 fully saturated rings. The van der Waals surface area contributed by atoms with Gasteiger partial charge in [-0.15, -0.1) is 12.6 Å². The number of allylic oxidation sites excluding steroid dienone is 1. The normalized spacial score (nSPS) is 12.7. The molecule has 1 atom stereocenters. The fraction of sp³-hybridized carbons (Fsp3) is 0.267. The first-order chi connectivity index (χ1) is 17.0. The molecule has 36 heavy (non-hydrogen) atoms. The van der Waals surface area contributed by atoms with Crippen molar-refractivity contribution in [3.05, 3.63) is 112 Å². The maximum absolute atomic E-state index is 12.9. The lowest BCUT2D eigenvalue weighted by Gasteiger charge is -2.28. The minimum absolute atomic E-state index is 0.114. The van der Waals surface area contributed by atoms with Crippen LogP contribution in [0.15, 0.2) is 83.6 Å². The molecule has 0 saturated heterocycles. The van der Waals surface area contributed by atoms with Crippen LogP contribution in [-0.2, 0) is 10.2 Å². The lowest BCUT2D eigenvalue weighted by atomic mass is 9.82. The Balaban J connectivity index is 1.91. The summed E-state index contributed by atoms with van der Waals surface area (Å²) in [6, 6.07) is 21.0. The molecular weight excluding hydrogens is 466 g/mol. The molecule has 1 unspecified atom stereocenters. The second-order valence-corrected chi connectivity index (χ2v) is 10.4. The van der Waals surface area contributed by atoms with E-state index < -0.39 is 6.10 Å². The Bertz CT molecular complexity index is 1270. The number of thiol groups is 1. The maximum atomic E-state index is 12.9. The highest BCUT2D eigenvalue weighted by molar-refractivity contribution is 7.80. The van der Waals surface area contributed by atoms with Crippen molar-refractivity contribution in [3.63, 3.8) is 0 Å². The SMILES string of the molecule is Cc1cccc(C)c1C(=N)/C=C(\N)OC(CNC(=O)c1cccc(S)c1)c1ccccc1C(C)(C)C. The van der Waals surface area contributed by atoms with E-state index in [4.69, 9.17) is 15.9 Å². The molecule has 0 spiro atoms. The van der Waals surface area contributed by atoms with Crippen molar-refractivity contribution in [2.45, 2.75) is 51.0 Å². The van der Waals surface area contributed by atoms with Crippen LogP contribution in [0.1, 0.15) is 65.1 Å². The van der Waals surface area contributed by atoms with Crippen molar-refractivity contribution in [3.8, 4) is 0 Å². The smallest absolute Gasteiger partial charge is 0.251 e. The van der Waals surface area contributed by atoms with Crippen LogP contribution in [0.25, 0.3) is 0 Å². The lowest BCUT2D eigenvalue weighted by molar-refractivity contribution is 0.0855. The van der Waals surface area contributed by atoms with Crippen molar-refractivity contribution < 1.29 is 9.53 Å². The van der Waals surface area contributed by atoms with E-state index in [9.17, 15) is 4.79 Å². The third kappa shape index (κ3) is 6.79. The second kappa shape index (κ2) is 11.5. The van der Waals surface area contributed by atoms with Gasteiger partial charge in [-0.05, 0) is 59.7 Å². The quantitative estimate of drug-likeness (QED) is 0.167. The average Bonchev–Trinajstić information content (AvgIpc) is 2.80. The van der Waals surface area contributed by atoms with Crippen molar-refractivity contribution in [2.75, 3.05) is 6.54 Å². The van der Waals surface area contributed by atoms with Gasteiger partial charge in [0.15, 0.2) is 5.88 Å². The van der Waals surface area contributed by atoms with Gasteiger partial charge in [-0.3, -0.25) is 4.79 Å². The van der Waals surface area contributed by atoms with E-state index in [1.54, 1.807) is 18.2 Å². The van der Waals surface area contributed by atoms with E-state index in [2.05, 4.69) is 44.8 Å². The predicted molar refractivity (Wildman–Crippen MR) is 150 cm³/mol. The number of hydrogen-bond acceptors (Lipinski definition) is 5. The maximum Gasteiger partial charge on any atom is 0.251 e. The zero-order chi connectivity index (χ0) is 26.5. The molecule has 0 aliphatic rings. The van der Waals surface area contributed by atoms with Crippen LogP contribution >= 0.6 is 12.6 Å². The Morgan fingerprint density at radius 3 is 2.33 bits per heavy atom. The van der Waals surface area contributed by atoms with Gasteiger partial charge in [0.25, 0.3) is 5.91 Å². The van der Waals surface area contributed by atoms with Gasteiger partial charge in [0.1, 0.15) is 6.10 Å². The van der Waals surface area contributed by atoms with E-state index in [-0.39, 0.29) is 29.5 Å². The van der Waals surface area contributed by atoms with Gasteiger partial charge in [-0.1, -0.05) is 69.3 Å². The molecule has 4 N–H and O–H groups in total. The highest BCUT2D eigenvalue weighted by Crippen LogP contribution is 2.32. The summed E-state index contributed by atoms with van der Waals surface area (Å²) in [6.07, 6.45) is 0.986. The van der Waals surface area contributed by atoms with Crippen molar-refractivity contribution >= 4 is 24.2 Å². The van der Waals surface area contributed by atoms with Crippen LogP contribution < -0.4 is 11.1 Å². The van der Waals surface area contributed by atoms with Crippen molar-refractivity contribution in [1.29, 1.82) is 5.41 Å². The fourth-order valence-electron chi connectivity index (χ4n) is 4.26. The third-order valence-electron chi connectivity index (χ3n) is 5.99. The van der Waals surface area contributed by atoms with Crippen LogP contribution in [0.5, 0.6) is 0 Å². The molecule has 0 radical (unpaired) electrons. The molecule has 188 valence electrons. The molecular formula is C30H35N3O2S. The van der Waals surface area contributed by atoms with Gasteiger partial charge in [0.05, 0.1) is 12.3 Å². The number of nitrogens with one attached hydrogen (secondary N) is 2. The summed E-state index contributed by atoms with van der Waals surface area (Å²) < 4.78 is 6.22. The summed E-state index contributed by atoms with van der Waals surface area (Å²) in [4.78, 5) is 13.6. The van der Waals surface area contributed by atoms with E-state index in [0.717, 1.165) is 27.8 Å². The monoisotopic (exact) mass is 501 g/mol. The number of carbonyl (C=O) groups excluding carboxylic acids is 1. The summed E-state index contributed by atoms with van der Waals surface area (Å²) in [6.45, 7) is 10.5. The molecule has 0 bridgehead atoms. The number of carbonyl (C=O) groups is 1. The van der Waals surface area contributed by atoms with Crippen LogP contribution in [0.4, 0.5) is 0 Å². The van der Waals surface area contributed by atoms with Gasteiger partial charge in [-0.25, -0.2) is 0 Å². The molecule has 0 aliphatic carbocycles. The standard InChI is InChI=1S/C30H35N3O2S/c1-19-10-8-11-20(2)28(19)25(31)17-27(32)35-26(23-14-6-7-15-24(23)30(3,4)5)18-33-29(34)21-12-9-13-22(36)16-21/h6-17,26,31,36H,18,32H2,1-5H3,(H,33,34)/b27-17+,31-25?. The summed E-state index contributed by atoms with van der Waals surface area (Å²) in [7, 11) is 0. The second-order valence-electron chi connectivity index (χ2n) is 9.93. The van der Waals surface area contributed by atoms with E-state index in [0.29, 0.717) is 10.5 Å². The van der Waals surface area contributed by atoms with Gasteiger partial charge in [-0.2, -0.15) is 0 Å². The molecule has 0 heterocycles. The largest absolute Gasteiger partial charge is 0.469 e. The number of hydrogen-bond donors (Lipinski definition) is 4. The molecule has 0 aromatic heterocycles. The Morgan fingerprint density at radius 2 is 1.69 bits per heavy atom. The molecule has 6 heteroatoms. The molecule has 0 aliphatic heterocycles. The third-order valence-corrected chi connectivity index (χ3v) is 6.27. The first-order valence-corrected chi connectivity index (χ1v) is 12.4. The first kappa shape index (κ1) is 27.1. The molecule has 3 rings (SSSR count). The summed E-state index contributed by atoms with van der Waals surface area (Å²) in [5.74, 6) is -0.110. The minimum atomic E-state index is -0.550. The van der Waals surface area contributed by atoms with Crippen LogP contribution in [0.2, 0.25) is 0 Å². The number of nitrogens with two attached hydrogens (primary N) is 1. The average molecular weight is 502 g/mol. The molecule has 3 aromatic carbocycles. The summed E-state index contributed by atoms with van der Waals surface area (Å²) in [5, 5.41) is 11.6. The van der Waals surface area contributed by atoms with Gasteiger partial charge < -0.3 is 21.2 Å². The number of rotatable bonds is 8. The zero-order valence-corrected chi connectivity index (χ0v) is 22.4. The van der Waals surface area contributed by atoms with Crippen molar-refractivity contribution in [1.82, 2.24) is 5.32 Å². The van der Waals surface area contributed by atoms with Gasteiger partial charge in [0.2, 0.25) is 0 Å². The highest BCUT2D eigenvalue weighted by Gasteiger charge is 2.25. The number of aryl methyl sites for hydroxylation is 2. The van der Waals surface area contributed by atoms with Gasteiger partial charge >= 0.3 is 0 Å². The van der Waals surface area contributed by atoms with E-state index in [1.165, 1.54) is 6.08 Å². The molecule has 0 saturated carbocycles. The van der Waals surface area contributed by atoms with E-state index >= 15 is 0 Å². The Hall–Kier alpha value is -3.51. The Labute approximate surface area is 219 Å². The van der Waals surface area contributed by atoms with Gasteiger partial charge in [0, 0.05) is 22.1 Å². The number of ether oxygens (including phenoxy) is 1. The van der Waals surface area contributed by atoms with Crippen LogP contribution in [0, 0.1) is 19.3 Å². The molecule has 5 nitrogen and oxygen atoms in total. The molecule has 1 amide bonds. The van der Waals surface area contributed by atoms with Crippen molar-refractivity contribution in [2.24, 2.45) is 5.73 Å². The van der Waals surface area contributed by atoms with Crippen LogP contribution in [0.3, 0.4) is 0 Å². The van der Waals surface area contributed by atoms with Crippen LogP contribution in [-0.4, -0.2) is 18.2 Å². The zero-order valence-electron chi connectivity index (χ0n) is 21.6. The Kier molecular flexibility index (Phi) is 8.64. The topological polar surface area (TPSA) is 88.2 Å². The molecule has 3 aromatic rings. The fourth-order valence-corrected chi connectivity index (χ4v) is 4.49. The first-order valence-electron chi connectivity index (χ1n) is 11.9.